The van der Waals surface area contributed by atoms with Gasteiger partial charge in [0, 0.05) is 17.3 Å². The number of fused-ring (bicyclic) bond motifs is 1. The van der Waals surface area contributed by atoms with Crippen LogP contribution in [-0.4, -0.2) is 10.9 Å². The summed E-state index contributed by atoms with van der Waals surface area (Å²) in [4.78, 5) is 16.5. The van der Waals surface area contributed by atoms with E-state index in [-0.39, 0.29) is 12.3 Å². The van der Waals surface area contributed by atoms with Crippen LogP contribution in [0.4, 0.5) is 5.69 Å². The minimum atomic E-state index is -0.131. The van der Waals surface area contributed by atoms with Crippen LogP contribution in [0.2, 0.25) is 0 Å². The van der Waals surface area contributed by atoms with Gasteiger partial charge in [0.15, 0.2) is 0 Å². The van der Waals surface area contributed by atoms with Gasteiger partial charge < -0.3 is 5.32 Å². The van der Waals surface area contributed by atoms with Crippen LogP contribution < -0.4 is 5.32 Å². The fourth-order valence-corrected chi connectivity index (χ4v) is 2.35. The van der Waals surface area contributed by atoms with Gasteiger partial charge in [-0.1, -0.05) is 30.3 Å². The monoisotopic (exact) mass is 287 g/mol. The first-order valence-corrected chi connectivity index (χ1v) is 6.89. The fraction of sp³-hybridized carbons (Fsp3) is 0.0556. The second kappa shape index (κ2) is 6.06. The number of amides is 1. The minimum absolute atomic E-state index is 0.131. The van der Waals surface area contributed by atoms with Crippen molar-refractivity contribution >= 4 is 22.5 Å². The van der Waals surface area contributed by atoms with Gasteiger partial charge in [-0.25, -0.2) is 0 Å². The first-order valence-electron chi connectivity index (χ1n) is 6.89. The molecule has 1 heterocycles. The second-order valence-corrected chi connectivity index (χ2v) is 4.91. The number of benzene rings is 2. The Morgan fingerprint density at radius 1 is 1.14 bits per heavy atom. The zero-order chi connectivity index (χ0) is 15.4. The SMILES string of the molecule is N#Cc1cccc(NC(=O)Cc2cccc3cccnc23)c1. The maximum atomic E-state index is 12.2. The maximum Gasteiger partial charge on any atom is 0.228 e. The summed E-state index contributed by atoms with van der Waals surface area (Å²) in [5.41, 5.74) is 2.86. The van der Waals surface area contributed by atoms with E-state index in [4.69, 9.17) is 5.26 Å². The van der Waals surface area contributed by atoms with Crippen LogP contribution in [0.5, 0.6) is 0 Å². The summed E-state index contributed by atoms with van der Waals surface area (Å²) >= 11 is 0. The van der Waals surface area contributed by atoms with E-state index in [1.165, 1.54) is 0 Å². The van der Waals surface area contributed by atoms with E-state index in [2.05, 4.69) is 16.4 Å². The van der Waals surface area contributed by atoms with Crippen molar-refractivity contribution in [1.82, 2.24) is 4.98 Å². The fourth-order valence-electron chi connectivity index (χ4n) is 2.35. The van der Waals surface area contributed by atoms with Gasteiger partial charge in [-0.2, -0.15) is 5.26 Å². The summed E-state index contributed by atoms with van der Waals surface area (Å²) in [7, 11) is 0. The highest BCUT2D eigenvalue weighted by molar-refractivity contribution is 5.95. The lowest BCUT2D eigenvalue weighted by Gasteiger charge is -2.07. The molecule has 0 fully saturated rings. The van der Waals surface area contributed by atoms with Gasteiger partial charge in [0.25, 0.3) is 0 Å². The number of nitrogens with zero attached hydrogens (tertiary/aromatic N) is 2. The molecule has 0 aliphatic rings. The molecule has 106 valence electrons. The van der Waals surface area contributed by atoms with E-state index in [9.17, 15) is 4.79 Å². The molecule has 0 unspecified atom stereocenters. The highest BCUT2D eigenvalue weighted by atomic mass is 16.1. The Kier molecular flexibility index (Phi) is 3.80. The van der Waals surface area contributed by atoms with Gasteiger partial charge in [-0.3, -0.25) is 9.78 Å². The van der Waals surface area contributed by atoms with E-state index in [1.54, 1.807) is 30.5 Å². The van der Waals surface area contributed by atoms with Crippen molar-refractivity contribution in [1.29, 1.82) is 5.26 Å². The van der Waals surface area contributed by atoms with Crippen LogP contribution in [-0.2, 0) is 11.2 Å². The van der Waals surface area contributed by atoms with Gasteiger partial charge in [-0.15, -0.1) is 0 Å². The van der Waals surface area contributed by atoms with Crippen LogP contribution in [0.1, 0.15) is 11.1 Å². The molecule has 1 aromatic heterocycles. The van der Waals surface area contributed by atoms with Gasteiger partial charge in [-0.05, 0) is 29.8 Å². The lowest BCUT2D eigenvalue weighted by molar-refractivity contribution is -0.115. The molecule has 3 rings (SSSR count). The first-order chi connectivity index (χ1) is 10.8. The summed E-state index contributed by atoms with van der Waals surface area (Å²) in [5, 5.41) is 12.7. The van der Waals surface area contributed by atoms with E-state index in [0.717, 1.165) is 16.5 Å². The second-order valence-electron chi connectivity index (χ2n) is 4.91. The summed E-state index contributed by atoms with van der Waals surface area (Å²) in [6, 6.07) is 18.6. The molecule has 0 saturated carbocycles. The van der Waals surface area contributed by atoms with E-state index in [1.807, 2.05) is 30.3 Å². The molecule has 0 aliphatic carbocycles. The normalized spacial score (nSPS) is 10.1. The summed E-state index contributed by atoms with van der Waals surface area (Å²) in [6.45, 7) is 0. The third-order valence-electron chi connectivity index (χ3n) is 3.34. The van der Waals surface area contributed by atoms with Crippen molar-refractivity contribution in [3.8, 4) is 6.07 Å². The molecule has 3 aromatic rings. The van der Waals surface area contributed by atoms with Gasteiger partial charge in [0.1, 0.15) is 0 Å². The maximum absolute atomic E-state index is 12.2. The highest BCUT2D eigenvalue weighted by Crippen LogP contribution is 2.17. The minimum Gasteiger partial charge on any atom is -0.326 e. The standard InChI is InChI=1S/C18H13N3O/c19-12-13-4-1-8-16(10-13)21-17(22)11-15-6-2-5-14-7-3-9-20-18(14)15/h1-10H,11H2,(H,21,22). The molecule has 0 saturated heterocycles. The predicted octanol–water partition coefficient (Wildman–Crippen LogP) is 3.29. The van der Waals surface area contributed by atoms with Crippen molar-refractivity contribution in [2.75, 3.05) is 5.32 Å². The van der Waals surface area contributed by atoms with Crippen molar-refractivity contribution in [3.63, 3.8) is 0 Å². The van der Waals surface area contributed by atoms with Crippen molar-refractivity contribution in [2.45, 2.75) is 6.42 Å². The lowest BCUT2D eigenvalue weighted by atomic mass is 10.1. The number of carbonyl (C=O) groups excluding carboxylic acids is 1. The number of aromatic nitrogens is 1. The molecule has 0 aliphatic heterocycles. The smallest absolute Gasteiger partial charge is 0.228 e. The quantitative estimate of drug-likeness (QED) is 0.803. The number of anilines is 1. The molecule has 4 nitrogen and oxygen atoms in total. The number of para-hydroxylation sites is 1. The number of pyridine rings is 1. The molecule has 0 spiro atoms. The first kappa shape index (κ1) is 13.8. The summed E-state index contributed by atoms with van der Waals surface area (Å²) in [5.74, 6) is -0.131. The van der Waals surface area contributed by atoms with Gasteiger partial charge in [0.2, 0.25) is 5.91 Å². The topological polar surface area (TPSA) is 65.8 Å². The summed E-state index contributed by atoms with van der Waals surface area (Å²) < 4.78 is 0. The molecule has 0 atom stereocenters. The number of rotatable bonds is 3. The van der Waals surface area contributed by atoms with E-state index < -0.39 is 0 Å². The van der Waals surface area contributed by atoms with Crippen LogP contribution >= 0.6 is 0 Å². The van der Waals surface area contributed by atoms with Gasteiger partial charge in [0.05, 0.1) is 23.6 Å². The molecular formula is C18H13N3O. The Labute approximate surface area is 128 Å². The molecule has 1 N–H and O–H groups in total. The molecule has 0 radical (unpaired) electrons. The Morgan fingerprint density at radius 3 is 2.82 bits per heavy atom. The molecular weight excluding hydrogens is 274 g/mol. The third-order valence-corrected chi connectivity index (χ3v) is 3.34. The Bertz CT molecular complexity index is 875. The molecule has 22 heavy (non-hydrogen) atoms. The molecule has 2 aromatic carbocycles. The van der Waals surface area contributed by atoms with Crippen LogP contribution in [0.25, 0.3) is 10.9 Å². The third kappa shape index (κ3) is 2.94. The van der Waals surface area contributed by atoms with Crippen molar-refractivity contribution in [2.24, 2.45) is 0 Å². The average Bonchev–Trinajstić information content (AvgIpc) is 2.55. The molecule has 1 amide bonds. The van der Waals surface area contributed by atoms with Crippen molar-refractivity contribution < 1.29 is 4.79 Å². The average molecular weight is 287 g/mol. The lowest BCUT2D eigenvalue weighted by Crippen LogP contribution is -2.14. The van der Waals surface area contributed by atoms with Crippen molar-refractivity contribution in [3.05, 3.63) is 71.9 Å². The zero-order valence-corrected chi connectivity index (χ0v) is 11.8. The van der Waals surface area contributed by atoms with Gasteiger partial charge >= 0.3 is 0 Å². The van der Waals surface area contributed by atoms with Crippen LogP contribution in [0, 0.1) is 11.3 Å². The van der Waals surface area contributed by atoms with E-state index >= 15 is 0 Å². The number of hydrogen-bond donors (Lipinski definition) is 1. The van der Waals surface area contributed by atoms with Crippen LogP contribution in [0.15, 0.2) is 60.8 Å². The molecule has 4 heteroatoms. The largest absolute Gasteiger partial charge is 0.326 e. The number of nitriles is 1. The Morgan fingerprint density at radius 2 is 1.95 bits per heavy atom. The number of nitrogens with one attached hydrogen (secondary N) is 1. The Hall–Kier alpha value is -3.19. The number of hydrogen-bond acceptors (Lipinski definition) is 3. The Balaban J connectivity index is 1.80. The summed E-state index contributed by atoms with van der Waals surface area (Å²) in [6.07, 6.45) is 1.96. The van der Waals surface area contributed by atoms with Crippen LogP contribution in [0.3, 0.4) is 0 Å². The zero-order valence-electron chi connectivity index (χ0n) is 11.8. The number of carbonyl (C=O) groups is 1. The highest BCUT2D eigenvalue weighted by Gasteiger charge is 2.08. The van der Waals surface area contributed by atoms with E-state index in [0.29, 0.717) is 11.3 Å². The predicted molar refractivity (Wildman–Crippen MR) is 85.2 cm³/mol. The molecule has 0 bridgehead atoms.